The maximum atomic E-state index is 12.7. The minimum Gasteiger partial charge on any atom is -0.340 e. The third kappa shape index (κ3) is 3.87. The molecule has 0 saturated carbocycles. The molecule has 2 atom stereocenters. The lowest BCUT2D eigenvalue weighted by Gasteiger charge is -2.37. The van der Waals surface area contributed by atoms with Crippen molar-refractivity contribution in [2.75, 3.05) is 13.1 Å². The van der Waals surface area contributed by atoms with Gasteiger partial charge in [-0.3, -0.25) is 4.79 Å². The average molecular weight is 324 g/mol. The predicted molar refractivity (Wildman–Crippen MR) is 92.3 cm³/mol. The lowest BCUT2D eigenvalue weighted by atomic mass is 9.92. The van der Waals surface area contributed by atoms with Crippen LogP contribution in [-0.4, -0.2) is 34.4 Å². The van der Waals surface area contributed by atoms with Gasteiger partial charge < -0.3 is 10.6 Å². The molecule has 1 aromatic heterocycles. The summed E-state index contributed by atoms with van der Waals surface area (Å²) in [5.41, 5.74) is 6.66. The summed E-state index contributed by atoms with van der Waals surface area (Å²) >= 11 is 1.74. The Bertz CT molecular complexity index is 510. The Hall–Kier alpha value is -0.940. The molecule has 2 unspecified atom stereocenters. The summed E-state index contributed by atoms with van der Waals surface area (Å²) in [6, 6.07) is 0. The Morgan fingerprint density at radius 3 is 2.91 bits per heavy atom. The van der Waals surface area contributed by atoms with Crippen molar-refractivity contribution in [1.29, 1.82) is 0 Å². The van der Waals surface area contributed by atoms with Crippen molar-refractivity contribution in [3.63, 3.8) is 0 Å². The summed E-state index contributed by atoms with van der Waals surface area (Å²) in [5, 5.41) is 3.33. The summed E-state index contributed by atoms with van der Waals surface area (Å²) in [7, 11) is 0. The van der Waals surface area contributed by atoms with E-state index in [0.29, 0.717) is 11.8 Å². The van der Waals surface area contributed by atoms with Crippen LogP contribution in [0.2, 0.25) is 0 Å². The first-order valence-corrected chi connectivity index (χ1v) is 9.26. The van der Waals surface area contributed by atoms with Gasteiger partial charge in [-0.25, -0.2) is 4.98 Å². The van der Waals surface area contributed by atoms with E-state index >= 15 is 0 Å². The standard InChI is InChI=1S/C17H29N3OS/c1-5-8-17(4,18)16(21)20-9-6-7-13(10-20)15-19-14(11-22-15)12(2)3/h11-13H,5-10,18H2,1-4H3. The minimum absolute atomic E-state index is 0.0969. The summed E-state index contributed by atoms with van der Waals surface area (Å²) < 4.78 is 0. The van der Waals surface area contributed by atoms with Gasteiger partial charge in [-0.05, 0) is 32.1 Å². The van der Waals surface area contributed by atoms with Gasteiger partial charge in [-0.1, -0.05) is 27.2 Å². The molecule has 5 heteroatoms. The number of nitrogens with zero attached hydrogens (tertiary/aromatic N) is 2. The minimum atomic E-state index is -0.734. The first-order valence-electron chi connectivity index (χ1n) is 8.38. The molecule has 1 saturated heterocycles. The summed E-state index contributed by atoms with van der Waals surface area (Å²) in [6.07, 6.45) is 3.82. The van der Waals surface area contributed by atoms with Gasteiger partial charge in [0, 0.05) is 24.4 Å². The van der Waals surface area contributed by atoms with E-state index < -0.39 is 5.54 Å². The van der Waals surface area contributed by atoms with Crippen LogP contribution in [0.3, 0.4) is 0 Å². The number of hydrogen-bond acceptors (Lipinski definition) is 4. The first kappa shape index (κ1) is 17.4. The third-order valence-electron chi connectivity index (χ3n) is 4.45. The van der Waals surface area contributed by atoms with Gasteiger partial charge >= 0.3 is 0 Å². The quantitative estimate of drug-likeness (QED) is 0.902. The molecule has 2 heterocycles. The van der Waals surface area contributed by atoms with Crippen molar-refractivity contribution >= 4 is 17.2 Å². The number of rotatable bonds is 5. The van der Waals surface area contributed by atoms with Crippen LogP contribution in [0.15, 0.2) is 5.38 Å². The van der Waals surface area contributed by atoms with Crippen molar-refractivity contribution in [2.24, 2.45) is 5.73 Å². The van der Waals surface area contributed by atoms with E-state index in [1.54, 1.807) is 11.3 Å². The second-order valence-electron chi connectivity index (χ2n) is 7.02. The number of likely N-dealkylation sites (tertiary alicyclic amines) is 1. The van der Waals surface area contributed by atoms with Crippen LogP contribution in [0, 0.1) is 0 Å². The van der Waals surface area contributed by atoms with Crippen LogP contribution in [0.4, 0.5) is 0 Å². The summed E-state index contributed by atoms with van der Waals surface area (Å²) in [4.78, 5) is 19.4. The lowest BCUT2D eigenvalue weighted by molar-refractivity contribution is -0.137. The molecule has 2 rings (SSSR count). The fourth-order valence-corrected chi connectivity index (χ4v) is 4.21. The molecule has 4 nitrogen and oxygen atoms in total. The van der Waals surface area contributed by atoms with Crippen molar-refractivity contribution in [3.8, 4) is 0 Å². The molecule has 124 valence electrons. The van der Waals surface area contributed by atoms with E-state index in [1.807, 2.05) is 11.8 Å². The zero-order valence-corrected chi connectivity index (χ0v) is 15.1. The van der Waals surface area contributed by atoms with E-state index in [9.17, 15) is 4.79 Å². The molecule has 1 fully saturated rings. The highest BCUT2D eigenvalue weighted by Crippen LogP contribution is 2.31. The van der Waals surface area contributed by atoms with Crippen LogP contribution >= 0.6 is 11.3 Å². The zero-order chi connectivity index (χ0) is 16.3. The third-order valence-corrected chi connectivity index (χ3v) is 5.47. The van der Waals surface area contributed by atoms with E-state index in [0.717, 1.165) is 44.5 Å². The Kier molecular flexibility index (Phi) is 5.61. The van der Waals surface area contributed by atoms with Crippen molar-refractivity contribution in [2.45, 2.75) is 70.8 Å². The molecular formula is C17H29N3OS. The molecule has 1 amide bonds. The highest BCUT2D eigenvalue weighted by Gasteiger charge is 2.35. The van der Waals surface area contributed by atoms with Crippen molar-refractivity contribution < 1.29 is 4.79 Å². The Labute approximate surface area is 138 Å². The normalized spacial score (nSPS) is 21.9. The van der Waals surface area contributed by atoms with Crippen LogP contribution in [-0.2, 0) is 4.79 Å². The Balaban J connectivity index is 2.06. The largest absolute Gasteiger partial charge is 0.340 e. The molecular weight excluding hydrogens is 294 g/mol. The molecule has 1 aromatic rings. The van der Waals surface area contributed by atoms with E-state index in [1.165, 1.54) is 5.01 Å². The van der Waals surface area contributed by atoms with Crippen molar-refractivity contribution in [1.82, 2.24) is 9.88 Å². The predicted octanol–water partition coefficient (Wildman–Crippen LogP) is 3.49. The maximum Gasteiger partial charge on any atom is 0.242 e. The first-order chi connectivity index (χ1) is 10.3. The lowest BCUT2D eigenvalue weighted by Crippen LogP contribution is -2.55. The van der Waals surface area contributed by atoms with Gasteiger partial charge in [0.25, 0.3) is 0 Å². The zero-order valence-electron chi connectivity index (χ0n) is 14.3. The smallest absolute Gasteiger partial charge is 0.242 e. The molecule has 1 aliphatic heterocycles. The monoisotopic (exact) mass is 323 g/mol. The second-order valence-corrected chi connectivity index (χ2v) is 7.91. The van der Waals surface area contributed by atoms with Crippen LogP contribution < -0.4 is 5.73 Å². The molecule has 0 spiro atoms. The van der Waals surface area contributed by atoms with Crippen LogP contribution in [0.1, 0.15) is 75.9 Å². The molecule has 0 aromatic carbocycles. The molecule has 1 aliphatic rings. The number of thiazole rings is 1. The van der Waals surface area contributed by atoms with E-state index in [-0.39, 0.29) is 5.91 Å². The summed E-state index contributed by atoms with van der Waals surface area (Å²) in [5.74, 6) is 0.926. The van der Waals surface area contributed by atoms with Gasteiger partial charge in [0.15, 0.2) is 0 Å². The average Bonchev–Trinajstić information content (AvgIpc) is 2.96. The number of hydrogen-bond donors (Lipinski definition) is 1. The molecule has 0 radical (unpaired) electrons. The van der Waals surface area contributed by atoms with Gasteiger partial charge in [-0.15, -0.1) is 11.3 Å². The number of carbonyl (C=O) groups is 1. The number of carbonyl (C=O) groups excluding carboxylic acids is 1. The van der Waals surface area contributed by atoms with Crippen molar-refractivity contribution in [3.05, 3.63) is 16.1 Å². The van der Waals surface area contributed by atoms with Crippen LogP contribution in [0.5, 0.6) is 0 Å². The second kappa shape index (κ2) is 7.09. The SMILES string of the molecule is CCCC(C)(N)C(=O)N1CCCC(c2nc(C(C)C)cs2)C1. The van der Waals surface area contributed by atoms with Gasteiger partial charge in [0.1, 0.15) is 0 Å². The van der Waals surface area contributed by atoms with Gasteiger partial charge in [-0.2, -0.15) is 0 Å². The number of nitrogens with two attached hydrogens (primary N) is 1. The molecule has 2 N–H and O–H groups in total. The maximum absolute atomic E-state index is 12.7. The van der Waals surface area contributed by atoms with Gasteiger partial charge in [0.05, 0.1) is 16.2 Å². The topological polar surface area (TPSA) is 59.2 Å². The molecule has 0 aliphatic carbocycles. The Morgan fingerprint density at radius 2 is 2.32 bits per heavy atom. The summed E-state index contributed by atoms with van der Waals surface area (Å²) in [6.45, 7) is 9.86. The molecule has 22 heavy (non-hydrogen) atoms. The number of amides is 1. The Morgan fingerprint density at radius 1 is 1.59 bits per heavy atom. The highest BCUT2D eigenvalue weighted by molar-refractivity contribution is 7.09. The van der Waals surface area contributed by atoms with E-state index in [4.69, 9.17) is 10.7 Å². The fourth-order valence-electron chi connectivity index (χ4n) is 3.10. The fraction of sp³-hybridized carbons (Fsp3) is 0.765. The highest BCUT2D eigenvalue weighted by atomic mass is 32.1. The molecule has 0 bridgehead atoms. The number of piperidine rings is 1. The van der Waals surface area contributed by atoms with Crippen LogP contribution in [0.25, 0.3) is 0 Å². The number of aromatic nitrogens is 1. The van der Waals surface area contributed by atoms with E-state index in [2.05, 4.69) is 26.2 Å². The van der Waals surface area contributed by atoms with Gasteiger partial charge in [0.2, 0.25) is 5.91 Å².